The van der Waals surface area contributed by atoms with Gasteiger partial charge in [-0.15, -0.1) is 24.0 Å². The van der Waals surface area contributed by atoms with Crippen LogP contribution in [-0.2, 0) is 6.54 Å². The fourth-order valence-electron chi connectivity index (χ4n) is 3.61. The van der Waals surface area contributed by atoms with Gasteiger partial charge in [0.2, 0.25) is 0 Å². The predicted molar refractivity (Wildman–Crippen MR) is 143 cm³/mol. The molecule has 176 valence electrons. The minimum atomic E-state index is 0. The van der Waals surface area contributed by atoms with Gasteiger partial charge in [0.25, 0.3) is 0 Å². The average molecular weight is 553 g/mol. The Bertz CT molecular complexity index is 837. The summed E-state index contributed by atoms with van der Waals surface area (Å²) in [6, 6.07) is 12.4. The number of hydrogen-bond acceptors (Lipinski definition) is 5. The van der Waals surface area contributed by atoms with E-state index < -0.39 is 0 Å². The van der Waals surface area contributed by atoms with Gasteiger partial charge < -0.3 is 25.2 Å². The standard InChI is InChI=1S/C24H36N6O.HI/c1-5-29-11-13-30(14-12-29)23-10-9-21(17-26-23)18-28-24(25-4)27-16-20(3)31-22-8-6-7-19(2)15-22;/h6-10,15,17,20H,5,11-14,16,18H2,1-4H3,(H2,25,27,28);1H. The number of likely N-dealkylation sites (N-methyl/N-ethyl adjacent to an activating group) is 1. The van der Waals surface area contributed by atoms with Crippen molar-refractivity contribution in [2.24, 2.45) is 4.99 Å². The average Bonchev–Trinajstić information content (AvgIpc) is 2.79. The third-order valence-electron chi connectivity index (χ3n) is 5.52. The molecule has 0 bridgehead atoms. The molecule has 1 saturated heterocycles. The zero-order chi connectivity index (χ0) is 22.1. The molecule has 1 aromatic carbocycles. The van der Waals surface area contributed by atoms with Gasteiger partial charge in [-0.05, 0) is 49.7 Å². The first kappa shape index (κ1) is 26.2. The Hall–Kier alpha value is -2.07. The zero-order valence-corrected chi connectivity index (χ0v) is 22.0. The monoisotopic (exact) mass is 552 g/mol. The number of hydrogen-bond donors (Lipinski definition) is 2. The van der Waals surface area contributed by atoms with Crippen LogP contribution >= 0.6 is 24.0 Å². The minimum absolute atomic E-state index is 0. The summed E-state index contributed by atoms with van der Waals surface area (Å²) >= 11 is 0. The summed E-state index contributed by atoms with van der Waals surface area (Å²) in [5.74, 6) is 2.70. The highest BCUT2D eigenvalue weighted by atomic mass is 127. The van der Waals surface area contributed by atoms with Crippen LogP contribution in [0.2, 0.25) is 0 Å². The largest absolute Gasteiger partial charge is 0.489 e. The van der Waals surface area contributed by atoms with Crippen molar-refractivity contribution >= 4 is 35.8 Å². The first-order chi connectivity index (χ1) is 15.1. The third kappa shape index (κ3) is 8.12. The van der Waals surface area contributed by atoms with E-state index in [2.05, 4.69) is 62.5 Å². The number of aliphatic imine (C=N–C) groups is 1. The van der Waals surface area contributed by atoms with Crippen LogP contribution < -0.4 is 20.3 Å². The molecule has 3 rings (SSSR count). The van der Waals surface area contributed by atoms with Gasteiger partial charge in [0.1, 0.15) is 17.7 Å². The molecule has 1 atom stereocenters. The summed E-state index contributed by atoms with van der Waals surface area (Å²) in [4.78, 5) is 13.8. The second kappa shape index (κ2) is 13.5. The maximum atomic E-state index is 5.97. The molecule has 2 aromatic rings. The quantitative estimate of drug-likeness (QED) is 0.298. The smallest absolute Gasteiger partial charge is 0.191 e. The molecule has 0 spiro atoms. The Morgan fingerprint density at radius 3 is 2.56 bits per heavy atom. The van der Waals surface area contributed by atoms with Crippen molar-refractivity contribution in [2.45, 2.75) is 33.4 Å². The number of nitrogens with zero attached hydrogens (tertiary/aromatic N) is 4. The molecule has 0 saturated carbocycles. The van der Waals surface area contributed by atoms with Gasteiger partial charge in [-0.25, -0.2) is 4.98 Å². The maximum absolute atomic E-state index is 5.97. The van der Waals surface area contributed by atoms with Gasteiger partial charge in [0.05, 0.1) is 6.54 Å². The van der Waals surface area contributed by atoms with E-state index in [-0.39, 0.29) is 30.1 Å². The van der Waals surface area contributed by atoms with Crippen LogP contribution in [0.3, 0.4) is 0 Å². The van der Waals surface area contributed by atoms with Crippen LogP contribution in [0, 0.1) is 6.92 Å². The van der Waals surface area contributed by atoms with Crippen molar-refractivity contribution < 1.29 is 4.74 Å². The van der Waals surface area contributed by atoms with E-state index in [1.165, 1.54) is 5.56 Å². The van der Waals surface area contributed by atoms with Gasteiger partial charge in [0.15, 0.2) is 5.96 Å². The summed E-state index contributed by atoms with van der Waals surface area (Å²) in [6.07, 6.45) is 1.97. The summed E-state index contributed by atoms with van der Waals surface area (Å²) in [7, 11) is 1.78. The number of pyridine rings is 1. The van der Waals surface area contributed by atoms with E-state index in [1.807, 2.05) is 31.3 Å². The first-order valence-corrected chi connectivity index (χ1v) is 11.2. The fourth-order valence-corrected chi connectivity index (χ4v) is 3.61. The molecule has 1 aliphatic rings. The summed E-state index contributed by atoms with van der Waals surface area (Å²) in [6.45, 7) is 13.1. The van der Waals surface area contributed by atoms with E-state index in [1.54, 1.807) is 7.05 Å². The molecule has 1 fully saturated rings. The molecule has 0 aliphatic carbocycles. The molecule has 0 radical (unpaired) electrons. The molecule has 7 nitrogen and oxygen atoms in total. The highest BCUT2D eigenvalue weighted by Gasteiger charge is 2.16. The fraction of sp³-hybridized carbons (Fsp3) is 0.500. The van der Waals surface area contributed by atoms with Gasteiger partial charge >= 0.3 is 0 Å². The number of ether oxygens (including phenoxy) is 1. The van der Waals surface area contributed by atoms with Crippen LogP contribution in [0.5, 0.6) is 5.75 Å². The topological polar surface area (TPSA) is 65.0 Å². The van der Waals surface area contributed by atoms with Crippen LogP contribution in [0.15, 0.2) is 47.6 Å². The van der Waals surface area contributed by atoms with E-state index in [9.17, 15) is 0 Å². The molecule has 1 aliphatic heterocycles. The second-order valence-electron chi connectivity index (χ2n) is 8.00. The highest BCUT2D eigenvalue weighted by molar-refractivity contribution is 14.0. The minimum Gasteiger partial charge on any atom is -0.489 e. The number of guanidine groups is 1. The number of aryl methyl sites for hydroxylation is 1. The zero-order valence-electron chi connectivity index (χ0n) is 19.7. The number of benzene rings is 1. The molecule has 1 unspecified atom stereocenters. The predicted octanol–water partition coefficient (Wildman–Crippen LogP) is 3.28. The number of nitrogens with one attached hydrogen (secondary N) is 2. The maximum Gasteiger partial charge on any atom is 0.191 e. The Morgan fingerprint density at radius 1 is 1.16 bits per heavy atom. The van der Waals surface area contributed by atoms with E-state index in [4.69, 9.17) is 4.74 Å². The van der Waals surface area contributed by atoms with E-state index in [0.717, 1.165) is 55.8 Å². The van der Waals surface area contributed by atoms with E-state index >= 15 is 0 Å². The van der Waals surface area contributed by atoms with Crippen molar-refractivity contribution in [2.75, 3.05) is 51.2 Å². The molecule has 8 heteroatoms. The summed E-state index contributed by atoms with van der Waals surface area (Å²) in [5.41, 5.74) is 2.32. The molecule has 2 N–H and O–H groups in total. The van der Waals surface area contributed by atoms with Gasteiger partial charge in [0, 0.05) is 46.0 Å². The number of piperazine rings is 1. The van der Waals surface area contributed by atoms with Crippen LogP contribution in [0.25, 0.3) is 0 Å². The lowest BCUT2D eigenvalue weighted by Gasteiger charge is -2.34. The number of rotatable bonds is 8. The number of halogens is 1. The molecule has 2 heterocycles. The molecule has 32 heavy (non-hydrogen) atoms. The van der Waals surface area contributed by atoms with Gasteiger partial charge in [-0.1, -0.05) is 25.1 Å². The Labute approximate surface area is 209 Å². The van der Waals surface area contributed by atoms with Crippen molar-refractivity contribution in [3.05, 3.63) is 53.7 Å². The lowest BCUT2D eigenvalue weighted by molar-refractivity contribution is 0.223. The summed E-state index contributed by atoms with van der Waals surface area (Å²) < 4.78 is 5.97. The Balaban J connectivity index is 0.00000363. The lowest BCUT2D eigenvalue weighted by atomic mass is 10.2. The van der Waals surface area contributed by atoms with Crippen LogP contribution in [0.4, 0.5) is 5.82 Å². The third-order valence-corrected chi connectivity index (χ3v) is 5.52. The molecular weight excluding hydrogens is 515 g/mol. The first-order valence-electron chi connectivity index (χ1n) is 11.2. The second-order valence-corrected chi connectivity index (χ2v) is 8.00. The highest BCUT2D eigenvalue weighted by Crippen LogP contribution is 2.15. The van der Waals surface area contributed by atoms with Gasteiger partial charge in [-0.2, -0.15) is 0 Å². The van der Waals surface area contributed by atoms with Crippen molar-refractivity contribution in [1.82, 2.24) is 20.5 Å². The SMILES string of the molecule is CCN1CCN(c2ccc(CNC(=NC)NCC(C)Oc3cccc(C)c3)cn2)CC1.I. The lowest BCUT2D eigenvalue weighted by Crippen LogP contribution is -2.46. The van der Waals surface area contributed by atoms with Crippen molar-refractivity contribution in [3.63, 3.8) is 0 Å². The van der Waals surface area contributed by atoms with Crippen LogP contribution in [-0.4, -0.2) is 68.3 Å². The van der Waals surface area contributed by atoms with Crippen molar-refractivity contribution in [1.29, 1.82) is 0 Å². The molecule has 1 aromatic heterocycles. The van der Waals surface area contributed by atoms with E-state index in [0.29, 0.717) is 13.1 Å². The molecular formula is C24H37IN6O. The number of anilines is 1. The van der Waals surface area contributed by atoms with Gasteiger partial charge in [-0.3, -0.25) is 4.99 Å². The Morgan fingerprint density at radius 2 is 1.94 bits per heavy atom. The normalized spacial score (nSPS) is 15.6. The van der Waals surface area contributed by atoms with Crippen molar-refractivity contribution in [3.8, 4) is 5.75 Å². The Kier molecular flexibility index (Phi) is 11.0. The molecule has 0 amide bonds. The van der Waals surface area contributed by atoms with Crippen LogP contribution in [0.1, 0.15) is 25.0 Å². The summed E-state index contributed by atoms with van der Waals surface area (Å²) in [5, 5.41) is 6.68. The number of aromatic nitrogens is 1.